The van der Waals surface area contributed by atoms with Crippen LogP contribution in [0.3, 0.4) is 0 Å². The zero-order chi connectivity index (χ0) is 12.4. The zero-order valence-corrected chi connectivity index (χ0v) is 10.0. The third kappa shape index (κ3) is 2.02. The topological polar surface area (TPSA) is 63.0 Å². The predicted molar refractivity (Wildman–Crippen MR) is 73.5 cm³/mol. The molecule has 2 heterocycles. The summed E-state index contributed by atoms with van der Waals surface area (Å²) < 4.78 is 0. The second-order valence-electron chi connectivity index (χ2n) is 4.47. The molecule has 0 fully saturated rings. The average molecular weight is 240 g/mol. The number of aromatic nitrogens is 1. The molecule has 1 aliphatic rings. The monoisotopic (exact) mass is 240 g/mol. The second kappa shape index (κ2) is 4.66. The van der Waals surface area contributed by atoms with Gasteiger partial charge >= 0.3 is 0 Å². The number of rotatable bonds is 2. The third-order valence-electron chi connectivity index (χ3n) is 3.26. The van der Waals surface area contributed by atoms with E-state index in [1.165, 1.54) is 0 Å². The first-order chi connectivity index (χ1) is 8.84. The van der Waals surface area contributed by atoms with Gasteiger partial charge in [-0.05, 0) is 17.7 Å². The normalized spacial score (nSPS) is 19.3. The van der Waals surface area contributed by atoms with Gasteiger partial charge in [0.2, 0.25) is 0 Å². The lowest BCUT2D eigenvalue weighted by molar-refractivity contribution is 0.592. The molecule has 0 saturated carbocycles. The maximum absolute atomic E-state index is 6.30. The summed E-state index contributed by atoms with van der Waals surface area (Å²) in [6.07, 6.45) is 1.78. The molecule has 0 radical (unpaired) electrons. The fourth-order valence-corrected chi connectivity index (χ4v) is 2.23. The largest absolute Gasteiger partial charge is 0.380 e. The Morgan fingerprint density at radius 3 is 2.83 bits per heavy atom. The van der Waals surface area contributed by atoms with Crippen LogP contribution in [0, 0.1) is 0 Å². The van der Waals surface area contributed by atoms with Gasteiger partial charge in [-0.1, -0.05) is 30.3 Å². The van der Waals surface area contributed by atoms with Crippen molar-refractivity contribution in [1.82, 2.24) is 4.98 Å². The lowest BCUT2D eigenvalue weighted by atomic mass is 9.99. The molecule has 4 heteroatoms. The van der Waals surface area contributed by atoms with Crippen molar-refractivity contribution < 1.29 is 0 Å². The van der Waals surface area contributed by atoms with Crippen LogP contribution in [0.4, 0.5) is 11.5 Å². The van der Waals surface area contributed by atoms with Crippen LogP contribution in [0.2, 0.25) is 0 Å². The molecule has 2 aromatic rings. The first kappa shape index (κ1) is 11.0. The van der Waals surface area contributed by atoms with Crippen LogP contribution in [0.25, 0.3) is 0 Å². The molecular weight excluding hydrogens is 224 g/mol. The van der Waals surface area contributed by atoms with E-state index < -0.39 is 0 Å². The van der Waals surface area contributed by atoms with Crippen LogP contribution in [-0.2, 0) is 0 Å². The minimum atomic E-state index is -0.0474. The minimum Gasteiger partial charge on any atom is -0.380 e. The van der Waals surface area contributed by atoms with Crippen molar-refractivity contribution in [3.63, 3.8) is 0 Å². The van der Waals surface area contributed by atoms with Crippen molar-refractivity contribution in [3.05, 3.63) is 54.2 Å². The van der Waals surface area contributed by atoms with Crippen LogP contribution in [0.1, 0.15) is 11.6 Å². The average Bonchev–Trinajstić information content (AvgIpc) is 2.47. The number of fused-ring (bicyclic) bond motifs is 1. The Bertz CT molecular complexity index is 526. The standard InChI is InChI=1S/C14H16N4/c15-13(10-5-2-1-3-6-10)12-9-17-11-7-4-8-16-14(11)18-12/h1-8,12-13,17H,9,15H2,(H,16,18)/t12-,13-/m1/s1. The number of anilines is 2. The molecule has 0 saturated heterocycles. The second-order valence-corrected chi connectivity index (χ2v) is 4.47. The first-order valence-electron chi connectivity index (χ1n) is 6.10. The van der Waals surface area contributed by atoms with Crippen LogP contribution in [0.15, 0.2) is 48.7 Å². The minimum absolute atomic E-state index is 0.0474. The smallest absolute Gasteiger partial charge is 0.149 e. The number of benzene rings is 1. The van der Waals surface area contributed by atoms with Crippen molar-refractivity contribution >= 4 is 11.5 Å². The molecule has 1 aromatic heterocycles. The van der Waals surface area contributed by atoms with Gasteiger partial charge in [-0.3, -0.25) is 0 Å². The van der Waals surface area contributed by atoms with E-state index >= 15 is 0 Å². The Hall–Kier alpha value is -2.07. The summed E-state index contributed by atoms with van der Waals surface area (Å²) >= 11 is 0. The Morgan fingerprint density at radius 1 is 1.17 bits per heavy atom. The Labute approximate surface area is 106 Å². The van der Waals surface area contributed by atoms with E-state index in [4.69, 9.17) is 5.73 Å². The van der Waals surface area contributed by atoms with Gasteiger partial charge < -0.3 is 16.4 Å². The molecule has 0 amide bonds. The van der Waals surface area contributed by atoms with E-state index in [2.05, 4.69) is 27.8 Å². The van der Waals surface area contributed by atoms with E-state index in [1.807, 2.05) is 30.3 Å². The van der Waals surface area contributed by atoms with Gasteiger partial charge in [0.25, 0.3) is 0 Å². The summed E-state index contributed by atoms with van der Waals surface area (Å²) in [5.74, 6) is 0.875. The zero-order valence-electron chi connectivity index (χ0n) is 10.0. The highest BCUT2D eigenvalue weighted by atomic mass is 15.1. The Morgan fingerprint density at radius 2 is 2.00 bits per heavy atom. The molecule has 2 atom stereocenters. The third-order valence-corrected chi connectivity index (χ3v) is 3.26. The summed E-state index contributed by atoms with van der Waals surface area (Å²) in [6.45, 7) is 0.800. The maximum Gasteiger partial charge on any atom is 0.149 e. The molecule has 3 rings (SSSR count). The Balaban J connectivity index is 1.80. The summed E-state index contributed by atoms with van der Waals surface area (Å²) in [5.41, 5.74) is 8.47. The molecule has 1 aliphatic heterocycles. The summed E-state index contributed by atoms with van der Waals surface area (Å²) in [4.78, 5) is 4.32. The molecule has 4 N–H and O–H groups in total. The Kier molecular flexibility index (Phi) is 2.86. The number of nitrogens with zero attached hydrogens (tertiary/aromatic N) is 1. The van der Waals surface area contributed by atoms with Crippen molar-refractivity contribution in [1.29, 1.82) is 0 Å². The van der Waals surface area contributed by atoms with Crippen molar-refractivity contribution in [2.24, 2.45) is 5.73 Å². The van der Waals surface area contributed by atoms with E-state index in [1.54, 1.807) is 6.20 Å². The molecule has 1 aromatic carbocycles. The van der Waals surface area contributed by atoms with Crippen LogP contribution < -0.4 is 16.4 Å². The molecule has 0 bridgehead atoms. The van der Waals surface area contributed by atoms with Crippen molar-refractivity contribution in [3.8, 4) is 0 Å². The number of hydrogen-bond acceptors (Lipinski definition) is 4. The van der Waals surface area contributed by atoms with E-state index in [9.17, 15) is 0 Å². The number of pyridine rings is 1. The fourth-order valence-electron chi connectivity index (χ4n) is 2.23. The fraction of sp³-hybridized carbons (Fsp3) is 0.214. The highest BCUT2D eigenvalue weighted by molar-refractivity contribution is 5.66. The summed E-state index contributed by atoms with van der Waals surface area (Å²) in [6, 6.07) is 14.2. The van der Waals surface area contributed by atoms with Gasteiger partial charge in [0.15, 0.2) is 0 Å². The SMILES string of the molecule is N[C@H](c1ccccc1)[C@H]1CNc2cccnc2N1. The highest BCUT2D eigenvalue weighted by Gasteiger charge is 2.24. The van der Waals surface area contributed by atoms with Crippen molar-refractivity contribution in [2.45, 2.75) is 12.1 Å². The molecule has 0 unspecified atom stereocenters. The highest BCUT2D eigenvalue weighted by Crippen LogP contribution is 2.26. The van der Waals surface area contributed by atoms with Gasteiger partial charge in [0.1, 0.15) is 5.82 Å². The number of nitrogens with two attached hydrogens (primary N) is 1. The molecule has 18 heavy (non-hydrogen) atoms. The quantitative estimate of drug-likeness (QED) is 0.751. The van der Waals surface area contributed by atoms with Gasteiger partial charge in [-0.15, -0.1) is 0 Å². The molecule has 92 valence electrons. The molecular formula is C14H16N4. The van der Waals surface area contributed by atoms with Gasteiger partial charge in [-0.25, -0.2) is 4.98 Å². The summed E-state index contributed by atoms with van der Waals surface area (Å²) in [5, 5.41) is 6.75. The van der Waals surface area contributed by atoms with Gasteiger partial charge in [-0.2, -0.15) is 0 Å². The lowest BCUT2D eigenvalue weighted by Gasteiger charge is -2.31. The lowest BCUT2D eigenvalue weighted by Crippen LogP contribution is -2.41. The van der Waals surface area contributed by atoms with Crippen molar-refractivity contribution in [2.75, 3.05) is 17.2 Å². The van der Waals surface area contributed by atoms with E-state index in [0.717, 1.165) is 23.6 Å². The van der Waals surface area contributed by atoms with Crippen LogP contribution in [-0.4, -0.2) is 17.6 Å². The maximum atomic E-state index is 6.30. The number of hydrogen-bond donors (Lipinski definition) is 3. The number of nitrogens with one attached hydrogen (secondary N) is 2. The first-order valence-corrected chi connectivity index (χ1v) is 6.10. The summed E-state index contributed by atoms with van der Waals surface area (Å²) in [7, 11) is 0. The van der Waals surface area contributed by atoms with Gasteiger partial charge in [0.05, 0.1) is 17.8 Å². The van der Waals surface area contributed by atoms with Gasteiger partial charge in [0, 0.05) is 12.7 Å². The van der Waals surface area contributed by atoms with E-state index in [-0.39, 0.29) is 12.1 Å². The van der Waals surface area contributed by atoms with Crippen LogP contribution >= 0.6 is 0 Å². The van der Waals surface area contributed by atoms with Crippen LogP contribution in [0.5, 0.6) is 0 Å². The molecule has 0 spiro atoms. The predicted octanol–water partition coefficient (Wildman–Crippen LogP) is 1.99. The molecule has 4 nitrogen and oxygen atoms in total. The van der Waals surface area contributed by atoms with E-state index in [0.29, 0.717) is 0 Å². The molecule has 0 aliphatic carbocycles.